The van der Waals surface area contributed by atoms with E-state index in [0.29, 0.717) is 30.5 Å². The summed E-state index contributed by atoms with van der Waals surface area (Å²) in [4.78, 5) is 15.0. The van der Waals surface area contributed by atoms with Crippen molar-refractivity contribution in [2.45, 2.75) is 63.8 Å². The third-order valence-corrected chi connectivity index (χ3v) is 6.42. The smallest absolute Gasteiger partial charge is 0.407 e. The van der Waals surface area contributed by atoms with Gasteiger partial charge < -0.3 is 10.1 Å². The molecule has 2 heterocycles. The molecule has 2 bridgehead atoms. The molecule has 1 amide bonds. The molecule has 1 N–H and O–H groups in total. The second-order valence-electron chi connectivity index (χ2n) is 7.72. The Morgan fingerprint density at radius 3 is 2.92 bits per heavy atom. The first kappa shape index (κ1) is 15.9. The molecule has 0 radical (unpaired) electrons. The lowest BCUT2D eigenvalue weighted by atomic mass is 9.81. The van der Waals surface area contributed by atoms with E-state index >= 15 is 0 Å². The largest absolute Gasteiger partial charge is 0.446 e. The molecule has 2 aliphatic heterocycles. The number of rotatable bonds is 3. The van der Waals surface area contributed by atoms with Crippen LogP contribution in [0.3, 0.4) is 0 Å². The summed E-state index contributed by atoms with van der Waals surface area (Å²) in [5, 5.41) is 2.91. The number of hydrogen-bond acceptors (Lipinski definition) is 3. The molecule has 5 atom stereocenters. The highest BCUT2D eigenvalue weighted by atomic mass is 16.6. The number of fused-ring (bicyclic) bond motifs is 4. The summed E-state index contributed by atoms with van der Waals surface area (Å²) in [5.41, 5.74) is 1.10. The fraction of sp³-hybridized carbons (Fsp3) is 0.650. The minimum Gasteiger partial charge on any atom is -0.446 e. The number of piperidine rings is 2. The number of carbonyl (C=O) groups excluding carboxylic acids is 1. The molecule has 3 aliphatic rings. The Labute approximate surface area is 144 Å². The van der Waals surface area contributed by atoms with Crippen molar-refractivity contribution in [3.63, 3.8) is 0 Å². The van der Waals surface area contributed by atoms with Gasteiger partial charge in [-0.05, 0) is 50.6 Å². The number of amides is 1. The molecular weight excluding hydrogens is 300 g/mol. The van der Waals surface area contributed by atoms with Gasteiger partial charge >= 0.3 is 6.09 Å². The van der Waals surface area contributed by atoms with Crippen LogP contribution in [0.5, 0.6) is 0 Å². The van der Waals surface area contributed by atoms with E-state index in [1.165, 1.54) is 32.2 Å². The van der Waals surface area contributed by atoms with E-state index in [-0.39, 0.29) is 12.2 Å². The molecule has 0 aromatic heterocycles. The molecular formula is C20H28N2O2. The highest BCUT2D eigenvalue weighted by molar-refractivity contribution is 5.67. The Hall–Kier alpha value is -1.55. The Morgan fingerprint density at radius 1 is 1.25 bits per heavy atom. The quantitative estimate of drug-likeness (QED) is 0.922. The maximum Gasteiger partial charge on any atom is 0.407 e. The van der Waals surface area contributed by atoms with Crippen molar-refractivity contribution in [2.24, 2.45) is 11.8 Å². The first-order valence-corrected chi connectivity index (χ1v) is 9.46. The monoisotopic (exact) mass is 328 g/mol. The minimum absolute atomic E-state index is 0.0984. The lowest BCUT2D eigenvalue weighted by molar-refractivity contribution is -0.0105. The van der Waals surface area contributed by atoms with Gasteiger partial charge in [-0.15, -0.1) is 0 Å². The molecule has 0 spiro atoms. The second kappa shape index (κ2) is 6.75. The Bertz CT molecular complexity index is 576. The van der Waals surface area contributed by atoms with Gasteiger partial charge in [-0.3, -0.25) is 4.90 Å². The van der Waals surface area contributed by atoms with Crippen LogP contribution < -0.4 is 5.32 Å². The summed E-state index contributed by atoms with van der Waals surface area (Å²) in [6.45, 7) is 4.13. The Kier molecular flexibility index (Phi) is 4.49. The van der Waals surface area contributed by atoms with Gasteiger partial charge in [0.05, 0.1) is 0 Å². The zero-order valence-electron chi connectivity index (χ0n) is 14.5. The van der Waals surface area contributed by atoms with Crippen LogP contribution in [0.2, 0.25) is 0 Å². The van der Waals surface area contributed by atoms with Gasteiger partial charge in [0.1, 0.15) is 6.10 Å². The summed E-state index contributed by atoms with van der Waals surface area (Å²) in [6.07, 6.45) is 6.03. The van der Waals surface area contributed by atoms with Crippen LogP contribution in [0.25, 0.3) is 0 Å². The van der Waals surface area contributed by atoms with Gasteiger partial charge in [-0.1, -0.05) is 36.8 Å². The van der Waals surface area contributed by atoms with Crippen molar-refractivity contribution in [3.8, 4) is 0 Å². The van der Waals surface area contributed by atoms with E-state index in [9.17, 15) is 4.79 Å². The van der Waals surface area contributed by atoms with E-state index < -0.39 is 0 Å². The number of carbonyl (C=O) groups is 1. The summed E-state index contributed by atoms with van der Waals surface area (Å²) in [6, 6.07) is 11.3. The predicted octanol–water partition coefficient (Wildman–Crippen LogP) is 3.56. The van der Waals surface area contributed by atoms with Crippen molar-refractivity contribution in [1.82, 2.24) is 10.2 Å². The Balaban J connectivity index is 1.36. The number of benzene rings is 1. The van der Waals surface area contributed by atoms with Crippen molar-refractivity contribution < 1.29 is 9.53 Å². The molecule has 4 rings (SSSR count). The zero-order chi connectivity index (χ0) is 16.5. The third-order valence-electron chi connectivity index (χ3n) is 6.42. The topological polar surface area (TPSA) is 41.6 Å². The lowest BCUT2D eigenvalue weighted by Gasteiger charge is -2.47. The number of nitrogens with zero attached hydrogens (tertiary/aromatic N) is 1. The van der Waals surface area contributed by atoms with Gasteiger partial charge in [0.15, 0.2) is 0 Å². The summed E-state index contributed by atoms with van der Waals surface area (Å²) in [5.74, 6) is 1.23. The van der Waals surface area contributed by atoms with Gasteiger partial charge in [0.25, 0.3) is 0 Å². The summed E-state index contributed by atoms with van der Waals surface area (Å²) in [7, 11) is 0. The normalized spacial score (nSPS) is 35.3. The SMILES string of the molecule is C[C@H]1C2CC(OC(=O)NCc3ccccc3)C(C2)[C@H]2CCCCN21. The number of nitrogens with one attached hydrogen (secondary N) is 1. The molecule has 4 heteroatoms. The predicted molar refractivity (Wildman–Crippen MR) is 93.6 cm³/mol. The molecule has 1 saturated carbocycles. The van der Waals surface area contributed by atoms with Gasteiger partial charge in [-0.2, -0.15) is 0 Å². The van der Waals surface area contributed by atoms with E-state index in [1.807, 2.05) is 30.3 Å². The molecule has 4 nitrogen and oxygen atoms in total. The first-order chi connectivity index (χ1) is 11.7. The fourth-order valence-electron chi connectivity index (χ4n) is 5.17. The highest BCUT2D eigenvalue weighted by Crippen LogP contribution is 2.47. The van der Waals surface area contributed by atoms with Crippen molar-refractivity contribution >= 4 is 6.09 Å². The van der Waals surface area contributed by atoms with E-state index in [4.69, 9.17) is 4.74 Å². The molecule has 3 fully saturated rings. The maximum absolute atomic E-state index is 12.3. The first-order valence-electron chi connectivity index (χ1n) is 9.46. The molecule has 130 valence electrons. The maximum atomic E-state index is 12.3. The molecule has 3 unspecified atom stereocenters. The molecule has 1 aromatic rings. The number of alkyl carbamates (subject to hydrolysis) is 1. The second-order valence-corrected chi connectivity index (χ2v) is 7.72. The molecule has 24 heavy (non-hydrogen) atoms. The van der Waals surface area contributed by atoms with Crippen LogP contribution in [-0.2, 0) is 11.3 Å². The van der Waals surface area contributed by atoms with Crippen molar-refractivity contribution in [3.05, 3.63) is 35.9 Å². The number of ether oxygens (including phenoxy) is 1. The average molecular weight is 328 g/mol. The van der Waals surface area contributed by atoms with Crippen molar-refractivity contribution in [2.75, 3.05) is 6.54 Å². The van der Waals surface area contributed by atoms with Gasteiger partial charge in [-0.25, -0.2) is 4.79 Å². The highest BCUT2D eigenvalue weighted by Gasteiger charge is 2.51. The minimum atomic E-state index is -0.258. The van der Waals surface area contributed by atoms with Crippen LogP contribution in [0.1, 0.15) is 44.6 Å². The number of hydrogen-bond donors (Lipinski definition) is 1. The van der Waals surface area contributed by atoms with Crippen LogP contribution in [-0.4, -0.2) is 35.7 Å². The van der Waals surface area contributed by atoms with Crippen LogP contribution >= 0.6 is 0 Å². The van der Waals surface area contributed by atoms with Gasteiger partial charge in [0, 0.05) is 24.5 Å². The zero-order valence-corrected chi connectivity index (χ0v) is 14.5. The van der Waals surface area contributed by atoms with Gasteiger partial charge in [0.2, 0.25) is 0 Å². The summed E-state index contributed by atoms with van der Waals surface area (Å²) < 4.78 is 5.87. The van der Waals surface area contributed by atoms with Crippen LogP contribution in [0.15, 0.2) is 30.3 Å². The van der Waals surface area contributed by atoms with Crippen LogP contribution in [0.4, 0.5) is 4.79 Å². The Morgan fingerprint density at radius 2 is 2.08 bits per heavy atom. The third kappa shape index (κ3) is 3.04. The standard InChI is InChI=1S/C20H28N2O2/c1-14-16-11-17(18-9-5-6-10-22(14)18)19(12-16)24-20(23)21-13-15-7-3-2-4-8-15/h2-4,7-8,14,16-19H,5-6,9-13H2,1H3,(H,21,23)/t14-,16?,17?,18+,19?/m0/s1. The molecule has 2 saturated heterocycles. The molecule has 1 aliphatic carbocycles. The molecule has 1 aromatic carbocycles. The lowest BCUT2D eigenvalue weighted by Crippen LogP contribution is -2.54. The van der Waals surface area contributed by atoms with E-state index in [1.54, 1.807) is 0 Å². The van der Waals surface area contributed by atoms with E-state index in [2.05, 4.69) is 17.1 Å². The summed E-state index contributed by atoms with van der Waals surface area (Å²) >= 11 is 0. The van der Waals surface area contributed by atoms with E-state index in [0.717, 1.165) is 12.0 Å². The fourth-order valence-corrected chi connectivity index (χ4v) is 5.17. The van der Waals surface area contributed by atoms with Crippen LogP contribution in [0, 0.1) is 11.8 Å². The van der Waals surface area contributed by atoms with Crippen molar-refractivity contribution in [1.29, 1.82) is 0 Å². The average Bonchev–Trinajstić information content (AvgIpc) is 2.99.